The van der Waals surface area contributed by atoms with E-state index < -0.39 is 0 Å². The molecule has 0 amide bonds. The molecule has 0 bridgehead atoms. The number of nitriles is 1. The van der Waals surface area contributed by atoms with Crippen LogP contribution >= 0.6 is 0 Å². The van der Waals surface area contributed by atoms with Gasteiger partial charge in [0.05, 0.1) is 23.6 Å². The Labute approximate surface area is 172 Å². The minimum Gasteiger partial charge on any atom is -0.480 e. The van der Waals surface area contributed by atoms with Crippen LogP contribution < -0.4 is 15.0 Å². The summed E-state index contributed by atoms with van der Waals surface area (Å²) in [5.74, 6) is 1.34. The Hall–Kier alpha value is -3.94. The minimum atomic E-state index is -0.385. The molecule has 11 heteroatoms. The van der Waals surface area contributed by atoms with Crippen molar-refractivity contribution in [3.05, 3.63) is 40.1 Å². The van der Waals surface area contributed by atoms with Crippen molar-refractivity contribution in [1.29, 1.82) is 5.26 Å². The van der Waals surface area contributed by atoms with Gasteiger partial charge in [0.1, 0.15) is 17.1 Å². The second-order valence-electron chi connectivity index (χ2n) is 7.04. The van der Waals surface area contributed by atoms with Crippen LogP contribution in [-0.4, -0.2) is 50.9 Å². The second-order valence-corrected chi connectivity index (χ2v) is 7.04. The summed E-state index contributed by atoms with van der Waals surface area (Å²) in [5, 5.41) is 29.1. The fraction of sp³-hybridized carbons (Fsp3) is 0.368. The van der Waals surface area contributed by atoms with E-state index in [9.17, 15) is 10.1 Å². The number of ether oxygens (including phenoxy) is 1. The standard InChI is InChI=1S/C19H20N8O3/c1-25-16-14(6-3-7-15(16)27(28)29)17(24-25)26-8-4-5-13(11-26)22-19-21-10-12(9-20)18(23-19)30-2/h3,6-7,10,13H,4-5,8,11H2,1-2H3,(H,21,22,23)/t13-/m1/s1. The van der Waals surface area contributed by atoms with Crippen molar-refractivity contribution in [3.8, 4) is 11.9 Å². The maximum Gasteiger partial charge on any atom is 0.295 e. The third kappa shape index (κ3) is 3.43. The second kappa shape index (κ2) is 7.82. The summed E-state index contributed by atoms with van der Waals surface area (Å²) in [6.45, 7) is 1.44. The third-order valence-corrected chi connectivity index (χ3v) is 5.14. The molecule has 0 spiro atoms. The number of non-ortho nitro benzene ring substituents is 1. The average Bonchev–Trinajstić information content (AvgIpc) is 3.10. The predicted molar refractivity (Wildman–Crippen MR) is 110 cm³/mol. The Morgan fingerprint density at radius 3 is 3.00 bits per heavy atom. The van der Waals surface area contributed by atoms with Crippen LogP contribution in [0.1, 0.15) is 18.4 Å². The topological polar surface area (TPSA) is 135 Å². The number of aryl methyl sites for hydroxylation is 1. The monoisotopic (exact) mass is 408 g/mol. The van der Waals surface area contributed by atoms with E-state index in [1.807, 2.05) is 12.1 Å². The van der Waals surface area contributed by atoms with Crippen LogP contribution in [0.5, 0.6) is 5.88 Å². The largest absolute Gasteiger partial charge is 0.480 e. The van der Waals surface area contributed by atoms with E-state index in [-0.39, 0.29) is 28.1 Å². The van der Waals surface area contributed by atoms with E-state index in [1.54, 1.807) is 17.8 Å². The number of rotatable bonds is 5. The molecule has 1 saturated heterocycles. The molecular weight excluding hydrogens is 388 g/mol. The van der Waals surface area contributed by atoms with Gasteiger partial charge in [0, 0.05) is 32.2 Å². The summed E-state index contributed by atoms with van der Waals surface area (Å²) >= 11 is 0. The first-order valence-electron chi connectivity index (χ1n) is 9.44. The van der Waals surface area contributed by atoms with Crippen molar-refractivity contribution in [2.45, 2.75) is 18.9 Å². The van der Waals surface area contributed by atoms with Crippen molar-refractivity contribution >= 4 is 28.4 Å². The van der Waals surface area contributed by atoms with Crippen LogP contribution in [-0.2, 0) is 7.05 Å². The number of nitrogens with zero attached hydrogens (tertiary/aromatic N) is 7. The minimum absolute atomic E-state index is 0.0403. The zero-order valence-corrected chi connectivity index (χ0v) is 16.6. The van der Waals surface area contributed by atoms with E-state index in [0.717, 1.165) is 30.6 Å². The maximum absolute atomic E-state index is 11.4. The molecule has 0 saturated carbocycles. The molecule has 4 rings (SSSR count). The van der Waals surface area contributed by atoms with Gasteiger partial charge in [-0.15, -0.1) is 0 Å². The first-order valence-corrected chi connectivity index (χ1v) is 9.44. The number of anilines is 2. The molecule has 30 heavy (non-hydrogen) atoms. The molecule has 154 valence electrons. The van der Waals surface area contributed by atoms with Crippen LogP contribution in [0.15, 0.2) is 24.4 Å². The molecule has 3 aromatic rings. The van der Waals surface area contributed by atoms with Gasteiger partial charge in [-0.1, -0.05) is 6.07 Å². The first kappa shape index (κ1) is 19.4. The van der Waals surface area contributed by atoms with Gasteiger partial charge < -0.3 is 15.0 Å². The molecule has 0 unspecified atom stereocenters. The van der Waals surface area contributed by atoms with Crippen molar-refractivity contribution in [3.63, 3.8) is 0 Å². The summed E-state index contributed by atoms with van der Waals surface area (Å²) in [6.07, 6.45) is 3.26. The van der Waals surface area contributed by atoms with Gasteiger partial charge in [0.2, 0.25) is 11.8 Å². The molecule has 3 heterocycles. The number of methoxy groups -OCH3 is 1. The highest BCUT2D eigenvalue weighted by molar-refractivity contribution is 5.96. The number of para-hydroxylation sites is 1. The Kier molecular flexibility index (Phi) is 5.05. The van der Waals surface area contributed by atoms with Gasteiger partial charge >= 0.3 is 0 Å². The van der Waals surface area contributed by atoms with Crippen LogP contribution in [0, 0.1) is 21.4 Å². The highest BCUT2D eigenvalue weighted by Crippen LogP contribution is 2.33. The van der Waals surface area contributed by atoms with Gasteiger partial charge in [-0.05, 0) is 18.9 Å². The van der Waals surface area contributed by atoms with Gasteiger partial charge in [-0.2, -0.15) is 15.3 Å². The first-order chi connectivity index (χ1) is 14.5. The summed E-state index contributed by atoms with van der Waals surface area (Å²) in [6, 6.07) is 7.07. The SMILES string of the molecule is COc1nc(N[C@@H]2CCCN(c3nn(C)c4c([N+](=O)[O-])cccc34)C2)ncc1C#N. The van der Waals surface area contributed by atoms with E-state index in [1.165, 1.54) is 19.4 Å². The van der Waals surface area contributed by atoms with Crippen LogP contribution in [0.4, 0.5) is 17.5 Å². The van der Waals surface area contributed by atoms with Crippen molar-refractivity contribution in [1.82, 2.24) is 19.7 Å². The Balaban J connectivity index is 1.59. The van der Waals surface area contributed by atoms with E-state index in [2.05, 4.69) is 25.3 Å². The zero-order valence-electron chi connectivity index (χ0n) is 16.6. The fourth-order valence-corrected chi connectivity index (χ4v) is 3.82. The molecule has 1 fully saturated rings. The normalized spacial score (nSPS) is 16.3. The lowest BCUT2D eigenvalue weighted by atomic mass is 10.1. The smallest absolute Gasteiger partial charge is 0.295 e. The molecule has 11 nitrogen and oxygen atoms in total. The number of fused-ring (bicyclic) bond motifs is 1. The molecule has 1 aromatic carbocycles. The van der Waals surface area contributed by atoms with Crippen LogP contribution in [0.3, 0.4) is 0 Å². The number of hydrogen-bond donors (Lipinski definition) is 1. The number of piperidine rings is 1. The van der Waals surface area contributed by atoms with E-state index >= 15 is 0 Å². The molecule has 1 aliphatic rings. The molecule has 0 radical (unpaired) electrons. The van der Waals surface area contributed by atoms with Crippen molar-refractivity contribution in [2.75, 3.05) is 30.4 Å². The number of nitrogens with one attached hydrogen (secondary N) is 1. The third-order valence-electron chi connectivity index (χ3n) is 5.14. The Bertz CT molecular complexity index is 1150. The summed E-state index contributed by atoms with van der Waals surface area (Å²) < 4.78 is 6.71. The zero-order chi connectivity index (χ0) is 21.3. The Morgan fingerprint density at radius 1 is 1.43 bits per heavy atom. The lowest BCUT2D eigenvalue weighted by Gasteiger charge is -2.33. The lowest BCUT2D eigenvalue weighted by Crippen LogP contribution is -2.42. The molecule has 1 atom stereocenters. The molecule has 1 aliphatic heterocycles. The van der Waals surface area contributed by atoms with Gasteiger partial charge in [-0.3, -0.25) is 14.8 Å². The highest BCUT2D eigenvalue weighted by atomic mass is 16.6. The number of nitro benzene ring substituents is 1. The van der Waals surface area contributed by atoms with Gasteiger partial charge in [-0.25, -0.2) is 4.98 Å². The summed E-state index contributed by atoms with van der Waals surface area (Å²) in [5.41, 5.74) is 0.820. The van der Waals surface area contributed by atoms with Gasteiger partial charge in [0.15, 0.2) is 5.82 Å². The predicted octanol–water partition coefficient (Wildman–Crippen LogP) is 2.23. The average molecular weight is 408 g/mol. The van der Waals surface area contributed by atoms with Crippen molar-refractivity contribution in [2.24, 2.45) is 7.05 Å². The maximum atomic E-state index is 11.4. The number of aromatic nitrogens is 4. The number of benzene rings is 1. The number of hydrogen-bond acceptors (Lipinski definition) is 9. The Morgan fingerprint density at radius 2 is 2.27 bits per heavy atom. The van der Waals surface area contributed by atoms with Crippen molar-refractivity contribution < 1.29 is 9.66 Å². The summed E-state index contributed by atoms with van der Waals surface area (Å²) in [7, 11) is 3.18. The van der Waals surface area contributed by atoms with E-state index in [4.69, 9.17) is 10.00 Å². The van der Waals surface area contributed by atoms with Crippen LogP contribution in [0.25, 0.3) is 10.9 Å². The van der Waals surface area contributed by atoms with Gasteiger partial charge in [0.25, 0.3) is 5.69 Å². The molecule has 1 N–H and O–H groups in total. The highest BCUT2D eigenvalue weighted by Gasteiger charge is 2.27. The fourth-order valence-electron chi connectivity index (χ4n) is 3.82. The number of nitro groups is 1. The van der Waals surface area contributed by atoms with E-state index in [0.29, 0.717) is 18.0 Å². The molecule has 0 aliphatic carbocycles. The van der Waals surface area contributed by atoms with Crippen LogP contribution in [0.2, 0.25) is 0 Å². The molecule has 2 aromatic heterocycles. The quantitative estimate of drug-likeness (QED) is 0.498. The summed E-state index contributed by atoms with van der Waals surface area (Å²) in [4.78, 5) is 21.6. The lowest BCUT2D eigenvalue weighted by molar-refractivity contribution is -0.383. The molecular formula is C19H20N8O3.